The van der Waals surface area contributed by atoms with Crippen LogP contribution in [0, 0.1) is 17.7 Å². The number of aryl methyl sites for hydroxylation is 1. The average molecular weight is 455 g/mol. The molecule has 33 heavy (non-hydrogen) atoms. The molecule has 3 nitrogen and oxygen atoms in total. The Bertz CT molecular complexity index is 800. The molecule has 0 radical (unpaired) electrons. The second-order valence-electron chi connectivity index (χ2n) is 9.89. The normalized spacial score (nSPS) is 18.4. The van der Waals surface area contributed by atoms with Gasteiger partial charge in [0.2, 0.25) is 0 Å². The van der Waals surface area contributed by atoms with Crippen LogP contribution in [0.3, 0.4) is 0 Å². The number of rotatable bonds is 14. The number of halogens is 1. The van der Waals surface area contributed by atoms with Gasteiger partial charge in [0.1, 0.15) is 0 Å². The molecule has 2 aromatic rings. The first-order valence-corrected chi connectivity index (χ1v) is 13.4. The van der Waals surface area contributed by atoms with Gasteiger partial charge >= 0.3 is 0 Å². The summed E-state index contributed by atoms with van der Waals surface area (Å²) >= 11 is 0. The van der Waals surface area contributed by atoms with E-state index in [1.807, 2.05) is 12.1 Å². The van der Waals surface area contributed by atoms with Crippen LogP contribution in [0.15, 0.2) is 30.3 Å². The Hall–Kier alpha value is -1.97. The molecule has 0 spiro atoms. The lowest BCUT2D eigenvalue weighted by Gasteiger charge is -2.28. The van der Waals surface area contributed by atoms with E-state index in [0.29, 0.717) is 18.1 Å². The van der Waals surface area contributed by atoms with Crippen LogP contribution in [0.5, 0.6) is 5.75 Å². The van der Waals surface area contributed by atoms with Crippen LogP contribution in [0.1, 0.15) is 103 Å². The van der Waals surface area contributed by atoms with E-state index in [2.05, 4.69) is 30.1 Å². The fourth-order valence-corrected chi connectivity index (χ4v) is 4.98. The third-order valence-corrected chi connectivity index (χ3v) is 7.19. The van der Waals surface area contributed by atoms with Crippen molar-refractivity contribution in [3.8, 4) is 17.0 Å². The topological polar surface area (TPSA) is 35.0 Å². The Morgan fingerprint density at radius 3 is 2.21 bits per heavy atom. The van der Waals surface area contributed by atoms with Crippen LogP contribution in [-0.4, -0.2) is 16.8 Å². The zero-order valence-corrected chi connectivity index (χ0v) is 20.8. The molecule has 1 aromatic heterocycles. The summed E-state index contributed by atoms with van der Waals surface area (Å²) in [7, 11) is 0. The first-order chi connectivity index (χ1) is 16.2. The minimum atomic E-state index is -0.337. The Balaban J connectivity index is 1.41. The maximum absolute atomic E-state index is 14.4. The van der Waals surface area contributed by atoms with Crippen LogP contribution in [0.4, 0.5) is 4.39 Å². The third-order valence-electron chi connectivity index (χ3n) is 7.19. The molecule has 3 rings (SSSR count). The van der Waals surface area contributed by atoms with Crippen molar-refractivity contribution < 1.29 is 9.13 Å². The molecular weight excluding hydrogens is 411 g/mol. The number of hydrogen-bond acceptors (Lipinski definition) is 3. The standard InChI is InChI=1S/C29H43FN2O/c1-3-5-7-8-10-23-11-13-24(14-12-23)15-17-26-18-19-28(32-31-26)25-16-20-29(27(30)22-25)33-21-9-6-4-2/h16,18-20,22-24H,3-15,17,21H2,1-2H3. The predicted molar refractivity (Wildman–Crippen MR) is 135 cm³/mol. The molecule has 1 aliphatic rings. The second kappa shape index (κ2) is 14.3. The molecule has 1 fully saturated rings. The van der Waals surface area contributed by atoms with Crippen LogP contribution in [-0.2, 0) is 6.42 Å². The quantitative estimate of drug-likeness (QED) is 0.268. The lowest BCUT2D eigenvalue weighted by molar-refractivity contribution is 0.248. The Labute approximate surface area is 200 Å². The lowest BCUT2D eigenvalue weighted by atomic mass is 9.78. The zero-order valence-electron chi connectivity index (χ0n) is 20.8. The van der Waals surface area contributed by atoms with Gasteiger partial charge in [-0.15, -0.1) is 0 Å². The molecule has 0 saturated heterocycles. The number of benzene rings is 1. The molecule has 4 heteroatoms. The van der Waals surface area contributed by atoms with Crippen LogP contribution in [0.25, 0.3) is 11.3 Å². The van der Waals surface area contributed by atoms with Gasteiger partial charge in [-0.25, -0.2) is 4.39 Å². The monoisotopic (exact) mass is 454 g/mol. The van der Waals surface area contributed by atoms with Crippen molar-refractivity contribution in [3.05, 3.63) is 41.8 Å². The van der Waals surface area contributed by atoms with Gasteiger partial charge in [-0.2, -0.15) is 10.2 Å². The molecule has 182 valence electrons. The second-order valence-corrected chi connectivity index (χ2v) is 9.89. The van der Waals surface area contributed by atoms with Crippen molar-refractivity contribution in [3.63, 3.8) is 0 Å². The fourth-order valence-electron chi connectivity index (χ4n) is 4.98. The van der Waals surface area contributed by atoms with Crippen LogP contribution in [0.2, 0.25) is 0 Å². The summed E-state index contributed by atoms with van der Waals surface area (Å²) in [6.07, 6.45) is 17.9. The number of hydrogen-bond donors (Lipinski definition) is 0. The van der Waals surface area contributed by atoms with Gasteiger partial charge in [0.15, 0.2) is 11.6 Å². The number of aromatic nitrogens is 2. The molecule has 0 amide bonds. The van der Waals surface area contributed by atoms with Gasteiger partial charge in [0, 0.05) is 5.56 Å². The molecular formula is C29H43FN2O. The maximum atomic E-state index is 14.4. The van der Waals surface area contributed by atoms with E-state index < -0.39 is 0 Å². The summed E-state index contributed by atoms with van der Waals surface area (Å²) in [5, 5.41) is 8.80. The van der Waals surface area contributed by atoms with E-state index in [-0.39, 0.29) is 5.82 Å². The number of unbranched alkanes of at least 4 members (excludes halogenated alkanes) is 5. The molecule has 0 aliphatic heterocycles. The summed E-state index contributed by atoms with van der Waals surface area (Å²) < 4.78 is 20.0. The van der Waals surface area contributed by atoms with E-state index >= 15 is 0 Å². The molecule has 0 unspecified atom stereocenters. The van der Waals surface area contributed by atoms with Crippen molar-refractivity contribution in [2.24, 2.45) is 11.8 Å². The summed E-state index contributed by atoms with van der Waals surface area (Å²) in [6, 6.07) is 9.08. The van der Waals surface area contributed by atoms with Crippen molar-refractivity contribution in [2.75, 3.05) is 6.61 Å². The Morgan fingerprint density at radius 1 is 0.818 bits per heavy atom. The Kier molecular flexibility index (Phi) is 11.1. The molecule has 0 atom stereocenters. The first kappa shape index (κ1) is 25.6. The van der Waals surface area contributed by atoms with Crippen molar-refractivity contribution in [1.29, 1.82) is 0 Å². The molecule has 1 saturated carbocycles. The highest BCUT2D eigenvalue weighted by molar-refractivity contribution is 5.59. The van der Waals surface area contributed by atoms with Gasteiger partial charge in [-0.3, -0.25) is 0 Å². The third kappa shape index (κ3) is 8.72. The Morgan fingerprint density at radius 2 is 1.55 bits per heavy atom. The van der Waals surface area contributed by atoms with Gasteiger partial charge < -0.3 is 4.74 Å². The van der Waals surface area contributed by atoms with Crippen molar-refractivity contribution >= 4 is 0 Å². The van der Waals surface area contributed by atoms with E-state index in [4.69, 9.17) is 4.74 Å². The van der Waals surface area contributed by atoms with Crippen molar-refractivity contribution in [2.45, 2.75) is 104 Å². The van der Waals surface area contributed by atoms with Crippen LogP contribution < -0.4 is 4.74 Å². The fraction of sp³-hybridized carbons (Fsp3) is 0.655. The van der Waals surface area contributed by atoms with E-state index in [1.165, 1.54) is 70.3 Å². The van der Waals surface area contributed by atoms with Gasteiger partial charge in [-0.05, 0) is 61.4 Å². The molecule has 0 N–H and O–H groups in total. The predicted octanol–water partition coefficient (Wildman–Crippen LogP) is 8.56. The largest absolute Gasteiger partial charge is 0.491 e. The minimum absolute atomic E-state index is 0.315. The van der Waals surface area contributed by atoms with Gasteiger partial charge in [0.05, 0.1) is 18.0 Å². The smallest absolute Gasteiger partial charge is 0.165 e. The van der Waals surface area contributed by atoms with Crippen LogP contribution >= 0.6 is 0 Å². The SMILES string of the molecule is CCCCCCC1CCC(CCc2ccc(-c3ccc(OCCCCC)c(F)c3)nn2)CC1. The highest BCUT2D eigenvalue weighted by atomic mass is 19.1. The van der Waals surface area contributed by atoms with Crippen molar-refractivity contribution in [1.82, 2.24) is 10.2 Å². The maximum Gasteiger partial charge on any atom is 0.165 e. The highest BCUT2D eigenvalue weighted by Gasteiger charge is 2.21. The number of ether oxygens (including phenoxy) is 1. The summed E-state index contributed by atoms with van der Waals surface area (Å²) in [5.74, 6) is 1.77. The van der Waals surface area contributed by atoms with E-state index in [1.54, 1.807) is 6.07 Å². The lowest BCUT2D eigenvalue weighted by Crippen LogP contribution is -2.15. The van der Waals surface area contributed by atoms with Gasteiger partial charge in [0.25, 0.3) is 0 Å². The highest BCUT2D eigenvalue weighted by Crippen LogP contribution is 2.34. The molecule has 1 heterocycles. The average Bonchev–Trinajstić information content (AvgIpc) is 2.85. The van der Waals surface area contributed by atoms with E-state index in [0.717, 1.165) is 48.8 Å². The summed E-state index contributed by atoms with van der Waals surface area (Å²) in [5.41, 5.74) is 2.49. The molecule has 0 bridgehead atoms. The molecule has 1 aliphatic carbocycles. The first-order valence-electron chi connectivity index (χ1n) is 13.4. The molecule has 1 aromatic carbocycles. The zero-order chi connectivity index (χ0) is 23.3. The summed E-state index contributed by atoms with van der Waals surface area (Å²) in [6.45, 7) is 4.98. The van der Waals surface area contributed by atoms with E-state index in [9.17, 15) is 4.39 Å². The summed E-state index contributed by atoms with van der Waals surface area (Å²) in [4.78, 5) is 0. The van der Waals surface area contributed by atoms with Gasteiger partial charge in [-0.1, -0.05) is 84.5 Å². The number of nitrogens with zero attached hydrogens (tertiary/aromatic N) is 2. The minimum Gasteiger partial charge on any atom is -0.491 e.